The van der Waals surface area contributed by atoms with E-state index in [1.165, 1.54) is 0 Å². The molecule has 1 heterocycles. The minimum absolute atomic E-state index is 0. The molecule has 4 rings (SSSR count). The molecule has 28 heavy (non-hydrogen) atoms. The van der Waals surface area contributed by atoms with Gasteiger partial charge in [-0.2, -0.15) is 0 Å². The summed E-state index contributed by atoms with van der Waals surface area (Å²) in [6.07, 6.45) is 0. The Bertz CT molecular complexity index is 1140. The maximum Gasteiger partial charge on any atom is 0.162 e. The van der Waals surface area contributed by atoms with Crippen LogP contribution in [0.5, 0.6) is 0 Å². The molecule has 0 bridgehead atoms. The van der Waals surface area contributed by atoms with Crippen molar-refractivity contribution in [2.24, 2.45) is 0 Å². The van der Waals surface area contributed by atoms with E-state index >= 15 is 0 Å². The first-order chi connectivity index (χ1) is 13.1. The number of carbonyl (C=O) groups is 1. The van der Waals surface area contributed by atoms with Gasteiger partial charge in [0.1, 0.15) is 5.82 Å². The van der Waals surface area contributed by atoms with Gasteiger partial charge in [0.05, 0.1) is 5.52 Å². The van der Waals surface area contributed by atoms with Gasteiger partial charge in [-0.25, -0.2) is 9.97 Å². The van der Waals surface area contributed by atoms with Crippen molar-refractivity contribution in [2.45, 2.75) is 6.92 Å². The molecule has 0 radical (unpaired) electrons. The van der Waals surface area contributed by atoms with Crippen LogP contribution in [0.15, 0.2) is 72.8 Å². The van der Waals surface area contributed by atoms with Gasteiger partial charge in [0.25, 0.3) is 0 Å². The second kappa shape index (κ2) is 8.38. The SMILES string of the molecule is CC(=O)c1cccc(Nc2nc(-c3ccc(Cl)cc3)nc3ccccc23)c1.Cl. The number of hydrogen-bond acceptors (Lipinski definition) is 4. The van der Waals surface area contributed by atoms with E-state index in [1.54, 1.807) is 13.0 Å². The average Bonchev–Trinajstić information content (AvgIpc) is 2.68. The quantitative estimate of drug-likeness (QED) is 0.400. The van der Waals surface area contributed by atoms with Gasteiger partial charge in [-0.15, -0.1) is 12.4 Å². The van der Waals surface area contributed by atoms with Crippen LogP contribution < -0.4 is 5.32 Å². The van der Waals surface area contributed by atoms with E-state index in [-0.39, 0.29) is 18.2 Å². The standard InChI is InChI=1S/C22H16ClN3O.ClH/c1-14(27)16-5-4-6-18(13-16)24-22-19-7-2-3-8-20(19)25-21(26-22)15-9-11-17(23)12-10-15;/h2-13H,1H3,(H,24,25,26);1H. The average molecular weight is 410 g/mol. The van der Waals surface area contributed by atoms with Crippen LogP contribution in [-0.2, 0) is 0 Å². The topological polar surface area (TPSA) is 54.9 Å². The van der Waals surface area contributed by atoms with Crippen LogP contribution in [0.1, 0.15) is 17.3 Å². The summed E-state index contributed by atoms with van der Waals surface area (Å²) in [7, 11) is 0. The maximum atomic E-state index is 11.7. The van der Waals surface area contributed by atoms with E-state index in [4.69, 9.17) is 16.6 Å². The van der Waals surface area contributed by atoms with Gasteiger partial charge in [-0.3, -0.25) is 4.79 Å². The lowest BCUT2D eigenvalue weighted by atomic mass is 10.1. The molecule has 6 heteroatoms. The fourth-order valence-electron chi connectivity index (χ4n) is 2.85. The van der Waals surface area contributed by atoms with E-state index in [0.29, 0.717) is 22.2 Å². The minimum atomic E-state index is 0. The van der Waals surface area contributed by atoms with Crippen molar-refractivity contribution < 1.29 is 4.79 Å². The molecule has 1 N–H and O–H groups in total. The highest BCUT2D eigenvalue weighted by Gasteiger charge is 2.10. The zero-order chi connectivity index (χ0) is 18.8. The summed E-state index contributed by atoms with van der Waals surface area (Å²) < 4.78 is 0. The maximum absolute atomic E-state index is 11.7. The number of para-hydroxylation sites is 1. The molecule has 3 aromatic carbocycles. The summed E-state index contributed by atoms with van der Waals surface area (Å²) in [5.74, 6) is 1.31. The van der Waals surface area contributed by atoms with Crippen LogP contribution in [0.4, 0.5) is 11.5 Å². The van der Waals surface area contributed by atoms with Crippen molar-refractivity contribution in [1.82, 2.24) is 9.97 Å². The number of nitrogens with one attached hydrogen (secondary N) is 1. The Morgan fingerprint density at radius 1 is 0.929 bits per heavy atom. The number of nitrogens with zero attached hydrogens (tertiary/aromatic N) is 2. The van der Waals surface area contributed by atoms with E-state index in [2.05, 4.69) is 10.3 Å². The number of anilines is 2. The van der Waals surface area contributed by atoms with Crippen LogP contribution >= 0.6 is 24.0 Å². The second-order valence-corrected chi connectivity index (χ2v) is 6.62. The van der Waals surface area contributed by atoms with Gasteiger partial charge in [0, 0.05) is 27.2 Å². The van der Waals surface area contributed by atoms with Crippen LogP contribution in [-0.4, -0.2) is 15.8 Å². The third-order valence-corrected chi connectivity index (χ3v) is 4.49. The molecular formula is C22H17Cl2N3O. The Hall–Kier alpha value is -2.95. The fraction of sp³-hybridized carbons (Fsp3) is 0.0455. The van der Waals surface area contributed by atoms with Crippen molar-refractivity contribution >= 4 is 52.2 Å². The van der Waals surface area contributed by atoms with Crippen molar-refractivity contribution in [1.29, 1.82) is 0 Å². The van der Waals surface area contributed by atoms with Gasteiger partial charge >= 0.3 is 0 Å². The van der Waals surface area contributed by atoms with Crippen molar-refractivity contribution in [3.8, 4) is 11.4 Å². The smallest absolute Gasteiger partial charge is 0.162 e. The Kier molecular flexibility index (Phi) is 5.93. The van der Waals surface area contributed by atoms with Gasteiger partial charge in [0.15, 0.2) is 11.6 Å². The highest BCUT2D eigenvalue weighted by atomic mass is 35.5. The van der Waals surface area contributed by atoms with Crippen molar-refractivity contribution in [2.75, 3.05) is 5.32 Å². The van der Waals surface area contributed by atoms with E-state index in [9.17, 15) is 4.79 Å². The first-order valence-corrected chi connectivity index (χ1v) is 8.89. The van der Waals surface area contributed by atoms with E-state index in [0.717, 1.165) is 22.2 Å². The number of rotatable bonds is 4. The molecular weight excluding hydrogens is 393 g/mol. The van der Waals surface area contributed by atoms with E-state index in [1.807, 2.05) is 66.7 Å². The minimum Gasteiger partial charge on any atom is -0.340 e. The zero-order valence-corrected chi connectivity index (χ0v) is 16.6. The van der Waals surface area contributed by atoms with Crippen LogP contribution in [0.2, 0.25) is 5.02 Å². The Morgan fingerprint density at radius 2 is 1.68 bits per heavy atom. The summed E-state index contributed by atoms with van der Waals surface area (Å²) in [5, 5.41) is 4.91. The fourth-order valence-corrected chi connectivity index (χ4v) is 2.98. The second-order valence-electron chi connectivity index (χ2n) is 6.18. The Morgan fingerprint density at radius 3 is 2.43 bits per heavy atom. The largest absolute Gasteiger partial charge is 0.340 e. The molecule has 1 aromatic heterocycles. The molecule has 4 nitrogen and oxygen atoms in total. The Balaban J connectivity index is 0.00000225. The van der Waals surface area contributed by atoms with Gasteiger partial charge < -0.3 is 5.32 Å². The molecule has 0 amide bonds. The molecule has 0 unspecified atom stereocenters. The first-order valence-electron chi connectivity index (χ1n) is 8.51. The number of benzene rings is 3. The number of fused-ring (bicyclic) bond motifs is 1. The highest BCUT2D eigenvalue weighted by molar-refractivity contribution is 6.30. The number of carbonyl (C=O) groups excluding carboxylic acids is 1. The van der Waals surface area contributed by atoms with Crippen LogP contribution in [0.25, 0.3) is 22.3 Å². The van der Waals surface area contributed by atoms with E-state index < -0.39 is 0 Å². The number of halogens is 2. The summed E-state index contributed by atoms with van der Waals surface area (Å²) in [6.45, 7) is 1.55. The van der Waals surface area contributed by atoms with Crippen LogP contribution in [0, 0.1) is 0 Å². The lowest BCUT2D eigenvalue weighted by Gasteiger charge is -2.12. The third-order valence-electron chi connectivity index (χ3n) is 4.24. The molecule has 0 saturated carbocycles. The molecule has 0 aliphatic heterocycles. The molecule has 0 atom stereocenters. The summed E-state index contributed by atoms with van der Waals surface area (Å²) in [5.41, 5.74) is 3.17. The lowest BCUT2D eigenvalue weighted by Crippen LogP contribution is -2.00. The number of Topliss-reactive ketones (excluding diaryl/α,β-unsaturated/α-hetero) is 1. The Labute approximate surface area is 174 Å². The molecule has 0 aliphatic rings. The van der Waals surface area contributed by atoms with Gasteiger partial charge in [-0.05, 0) is 55.5 Å². The predicted molar refractivity (Wildman–Crippen MR) is 117 cm³/mol. The van der Waals surface area contributed by atoms with Gasteiger partial charge in [0.2, 0.25) is 0 Å². The van der Waals surface area contributed by atoms with Crippen molar-refractivity contribution in [3.05, 3.63) is 83.4 Å². The number of aromatic nitrogens is 2. The third kappa shape index (κ3) is 4.14. The highest BCUT2D eigenvalue weighted by Crippen LogP contribution is 2.28. The summed E-state index contributed by atoms with van der Waals surface area (Å²) in [4.78, 5) is 21.1. The predicted octanol–water partition coefficient (Wildman–Crippen LogP) is 6.32. The molecule has 0 saturated heterocycles. The zero-order valence-electron chi connectivity index (χ0n) is 15.0. The molecule has 4 aromatic rings. The molecule has 0 aliphatic carbocycles. The normalized spacial score (nSPS) is 10.4. The molecule has 140 valence electrons. The monoisotopic (exact) mass is 409 g/mol. The van der Waals surface area contributed by atoms with Crippen LogP contribution in [0.3, 0.4) is 0 Å². The first kappa shape index (κ1) is 19.8. The molecule has 0 spiro atoms. The summed E-state index contributed by atoms with van der Waals surface area (Å²) in [6, 6.07) is 22.6. The lowest BCUT2D eigenvalue weighted by molar-refractivity contribution is 0.101. The molecule has 0 fully saturated rings. The number of ketones is 1. The van der Waals surface area contributed by atoms with Gasteiger partial charge in [-0.1, -0.05) is 35.9 Å². The van der Waals surface area contributed by atoms with Crippen molar-refractivity contribution in [3.63, 3.8) is 0 Å². The summed E-state index contributed by atoms with van der Waals surface area (Å²) >= 11 is 5.99. The number of hydrogen-bond donors (Lipinski definition) is 1.